The second-order valence-electron chi connectivity index (χ2n) is 4.09. The largest absolute Gasteiger partial charge is 0.494 e. The van der Waals surface area contributed by atoms with Crippen LogP contribution in [0.1, 0.15) is 28.5 Å². The SMILES string of the molecule is CCOc1ccc(C(=O)c2cn(C)nc2C)cc1. The fraction of sp³-hybridized carbons (Fsp3) is 0.286. The molecule has 0 saturated carbocycles. The average molecular weight is 244 g/mol. The van der Waals surface area contributed by atoms with Crippen LogP contribution in [0.3, 0.4) is 0 Å². The van der Waals surface area contributed by atoms with Crippen molar-refractivity contribution in [1.82, 2.24) is 9.78 Å². The lowest BCUT2D eigenvalue weighted by atomic mass is 10.0. The van der Waals surface area contributed by atoms with Gasteiger partial charge in [-0.15, -0.1) is 0 Å². The molecule has 0 radical (unpaired) electrons. The van der Waals surface area contributed by atoms with Crippen LogP contribution in [0, 0.1) is 6.92 Å². The van der Waals surface area contributed by atoms with E-state index in [-0.39, 0.29) is 5.78 Å². The number of benzene rings is 1. The van der Waals surface area contributed by atoms with Crippen LogP contribution in [0.5, 0.6) is 5.75 Å². The van der Waals surface area contributed by atoms with Crippen LogP contribution in [-0.2, 0) is 7.05 Å². The van der Waals surface area contributed by atoms with Gasteiger partial charge in [-0.05, 0) is 38.1 Å². The Kier molecular flexibility index (Phi) is 3.46. The molecule has 0 spiro atoms. The highest BCUT2D eigenvalue weighted by Crippen LogP contribution is 2.16. The number of hydrogen-bond acceptors (Lipinski definition) is 3. The quantitative estimate of drug-likeness (QED) is 0.775. The molecule has 0 aliphatic carbocycles. The molecule has 1 heterocycles. The van der Waals surface area contributed by atoms with Gasteiger partial charge in [0.1, 0.15) is 5.75 Å². The average Bonchev–Trinajstić information content (AvgIpc) is 2.69. The molecule has 4 heteroatoms. The van der Waals surface area contributed by atoms with Crippen LogP contribution in [0.25, 0.3) is 0 Å². The van der Waals surface area contributed by atoms with Gasteiger partial charge in [0.05, 0.1) is 17.9 Å². The molecule has 0 N–H and O–H groups in total. The molecular formula is C14H16N2O2. The molecule has 0 unspecified atom stereocenters. The molecule has 0 aliphatic rings. The normalized spacial score (nSPS) is 10.4. The Bertz CT molecular complexity index is 556. The minimum Gasteiger partial charge on any atom is -0.494 e. The molecule has 2 aromatic rings. The molecule has 94 valence electrons. The van der Waals surface area contributed by atoms with Crippen LogP contribution in [0.15, 0.2) is 30.5 Å². The van der Waals surface area contributed by atoms with Crippen LogP contribution in [0.4, 0.5) is 0 Å². The molecule has 0 atom stereocenters. The summed E-state index contributed by atoms with van der Waals surface area (Å²) in [6, 6.07) is 7.17. The third-order valence-corrected chi connectivity index (χ3v) is 2.69. The topological polar surface area (TPSA) is 44.1 Å². The first-order valence-corrected chi connectivity index (χ1v) is 5.89. The summed E-state index contributed by atoms with van der Waals surface area (Å²) in [5.41, 5.74) is 2.03. The van der Waals surface area contributed by atoms with E-state index in [1.54, 1.807) is 23.0 Å². The lowest BCUT2D eigenvalue weighted by molar-refractivity contribution is 0.103. The van der Waals surface area contributed by atoms with E-state index in [1.807, 2.05) is 33.0 Å². The van der Waals surface area contributed by atoms with Crippen LogP contribution >= 0.6 is 0 Å². The first kappa shape index (κ1) is 12.4. The van der Waals surface area contributed by atoms with Gasteiger partial charge < -0.3 is 4.74 Å². The molecular weight excluding hydrogens is 228 g/mol. The molecule has 2 rings (SSSR count). The van der Waals surface area contributed by atoms with E-state index in [2.05, 4.69) is 5.10 Å². The maximum atomic E-state index is 12.3. The van der Waals surface area contributed by atoms with E-state index in [1.165, 1.54) is 0 Å². The summed E-state index contributed by atoms with van der Waals surface area (Å²) in [4.78, 5) is 12.3. The van der Waals surface area contributed by atoms with E-state index < -0.39 is 0 Å². The van der Waals surface area contributed by atoms with Crippen molar-refractivity contribution in [3.05, 3.63) is 47.3 Å². The van der Waals surface area contributed by atoms with Gasteiger partial charge in [0.15, 0.2) is 5.78 Å². The molecule has 0 fully saturated rings. The molecule has 0 saturated heterocycles. The fourth-order valence-electron chi connectivity index (χ4n) is 1.85. The number of rotatable bonds is 4. The van der Waals surface area contributed by atoms with E-state index >= 15 is 0 Å². The second-order valence-corrected chi connectivity index (χ2v) is 4.09. The highest BCUT2D eigenvalue weighted by atomic mass is 16.5. The number of carbonyl (C=O) groups excluding carboxylic acids is 1. The number of ether oxygens (including phenoxy) is 1. The monoisotopic (exact) mass is 244 g/mol. The number of aromatic nitrogens is 2. The lowest BCUT2D eigenvalue weighted by Crippen LogP contribution is -2.02. The fourth-order valence-corrected chi connectivity index (χ4v) is 1.85. The molecule has 1 aromatic heterocycles. The molecule has 0 amide bonds. The van der Waals surface area contributed by atoms with E-state index in [0.717, 1.165) is 11.4 Å². The van der Waals surface area contributed by atoms with Crippen molar-refractivity contribution >= 4 is 5.78 Å². The summed E-state index contributed by atoms with van der Waals surface area (Å²) in [5, 5.41) is 4.18. The summed E-state index contributed by atoms with van der Waals surface area (Å²) in [5.74, 6) is 0.764. The van der Waals surface area contributed by atoms with Crippen molar-refractivity contribution < 1.29 is 9.53 Å². The van der Waals surface area contributed by atoms with Gasteiger partial charge >= 0.3 is 0 Å². The van der Waals surface area contributed by atoms with E-state index in [0.29, 0.717) is 17.7 Å². The summed E-state index contributed by atoms with van der Waals surface area (Å²) < 4.78 is 7.00. The van der Waals surface area contributed by atoms with Crippen molar-refractivity contribution in [2.45, 2.75) is 13.8 Å². The molecule has 0 aliphatic heterocycles. The highest BCUT2D eigenvalue weighted by Gasteiger charge is 2.14. The highest BCUT2D eigenvalue weighted by molar-refractivity contribution is 6.09. The zero-order chi connectivity index (χ0) is 13.1. The Balaban J connectivity index is 2.26. The van der Waals surface area contributed by atoms with Crippen LogP contribution in [0.2, 0.25) is 0 Å². The summed E-state index contributed by atoms with van der Waals surface area (Å²) in [7, 11) is 1.81. The third-order valence-electron chi connectivity index (χ3n) is 2.69. The van der Waals surface area contributed by atoms with Crippen molar-refractivity contribution in [2.75, 3.05) is 6.61 Å². The van der Waals surface area contributed by atoms with Gasteiger partial charge in [0.2, 0.25) is 0 Å². The zero-order valence-corrected chi connectivity index (χ0v) is 10.8. The van der Waals surface area contributed by atoms with Crippen LogP contribution < -0.4 is 4.74 Å². The van der Waals surface area contributed by atoms with Gasteiger partial charge in [-0.2, -0.15) is 5.10 Å². The van der Waals surface area contributed by atoms with Crippen molar-refractivity contribution in [1.29, 1.82) is 0 Å². The van der Waals surface area contributed by atoms with Crippen molar-refractivity contribution in [3.63, 3.8) is 0 Å². The Morgan fingerprint density at radius 3 is 2.50 bits per heavy atom. The number of ketones is 1. The van der Waals surface area contributed by atoms with Gasteiger partial charge in [-0.3, -0.25) is 9.48 Å². The van der Waals surface area contributed by atoms with E-state index in [4.69, 9.17) is 4.74 Å². The molecule has 0 bridgehead atoms. The summed E-state index contributed by atoms with van der Waals surface area (Å²) >= 11 is 0. The van der Waals surface area contributed by atoms with Crippen LogP contribution in [-0.4, -0.2) is 22.2 Å². The van der Waals surface area contributed by atoms with Crippen molar-refractivity contribution in [2.24, 2.45) is 7.05 Å². The Hall–Kier alpha value is -2.10. The Labute approximate surface area is 106 Å². The van der Waals surface area contributed by atoms with E-state index in [9.17, 15) is 4.79 Å². The first-order chi connectivity index (χ1) is 8.61. The van der Waals surface area contributed by atoms with Crippen molar-refractivity contribution in [3.8, 4) is 5.75 Å². The summed E-state index contributed by atoms with van der Waals surface area (Å²) in [6.07, 6.45) is 1.74. The van der Waals surface area contributed by atoms with Gasteiger partial charge in [-0.25, -0.2) is 0 Å². The number of nitrogens with zero attached hydrogens (tertiary/aromatic N) is 2. The minimum atomic E-state index is -0.0105. The molecule has 1 aromatic carbocycles. The minimum absolute atomic E-state index is 0.0105. The number of aryl methyl sites for hydroxylation is 2. The third kappa shape index (κ3) is 2.42. The maximum Gasteiger partial charge on any atom is 0.196 e. The molecule has 18 heavy (non-hydrogen) atoms. The number of hydrogen-bond donors (Lipinski definition) is 0. The lowest BCUT2D eigenvalue weighted by Gasteiger charge is -2.04. The standard InChI is InChI=1S/C14H16N2O2/c1-4-18-12-7-5-11(6-8-12)14(17)13-9-16(3)15-10(13)2/h5-9H,4H2,1-3H3. The molecule has 4 nitrogen and oxygen atoms in total. The zero-order valence-electron chi connectivity index (χ0n) is 10.8. The smallest absolute Gasteiger partial charge is 0.196 e. The predicted molar refractivity (Wildman–Crippen MR) is 69.0 cm³/mol. The Morgan fingerprint density at radius 2 is 2.00 bits per heavy atom. The summed E-state index contributed by atoms with van der Waals surface area (Å²) in [6.45, 7) is 4.38. The predicted octanol–water partition coefficient (Wildman–Crippen LogP) is 2.36. The maximum absolute atomic E-state index is 12.3. The van der Waals surface area contributed by atoms with Gasteiger partial charge in [-0.1, -0.05) is 0 Å². The first-order valence-electron chi connectivity index (χ1n) is 5.89. The second kappa shape index (κ2) is 5.04. The number of carbonyl (C=O) groups is 1. The van der Waals surface area contributed by atoms with Gasteiger partial charge in [0, 0.05) is 18.8 Å². The van der Waals surface area contributed by atoms with Gasteiger partial charge in [0.25, 0.3) is 0 Å². The Morgan fingerprint density at radius 1 is 1.33 bits per heavy atom.